The summed E-state index contributed by atoms with van der Waals surface area (Å²) < 4.78 is 0. The number of nitrogens with zero attached hydrogens (tertiary/aromatic N) is 3. The van der Waals surface area contributed by atoms with E-state index in [1.165, 1.54) is 11.6 Å². The van der Waals surface area contributed by atoms with Gasteiger partial charge in [-0.25, -0.2) is 0 Å². The first-order valence-corrected chi connectivity index (χ1v) is 10.4. The Hall–Kier alpha value is -3.22. The highest BCUT2D eigenvalue weighted by Crippen LogP contribution is 2.37. The molecular weight excluding hydrogens is 382 g/mol. The van der Waals surface area contributed by atoms with Crippen molar-refractivity contribution < 1.29 is 14.5 Å². The molecule has 2 aliphatic rings. The van der Waals surface area contributed by atoms with Crippen LogP contribution < -0.4 is 9.80 Å². The molecule has 2 fully saturated rings. The van der Waals surface area contributed by atoms with Crippen molar-refractivity contribution in [2.75, 3.05) is 22.9 Å². The molecule has 0 radical (unpaired) electrons. The lowest BCUT2D eigenvalue weighted by Gasteiger charge is -2.33. The topological polar surface area (TPSA) is 83.8 Å². The number of anilines is 2. The van der Waals surface area contributed by atoms with Crippen molar-refractivity contribution in [3.63, 3.8) is 0 Å². The lowest BCUT2D eigenvalue weighted by molar-refractivity contribution is -0.384. The lowest BCUT2D eigenvalue weighted by atomic mass is 9.90. The van der Waals surface area contributed by atoms with Gasteiger partial charge in [-0.1, -0.05) is 37.3 Å². The molecule has 0 spiro atoms. The van der Waals surface area contributed by atoms with Crippen molar-refractivity contribution in [3.8, 4) is 0 Å². The van der Waals surface area contributed by atoms with Crippen LogP contribution in [0.5, 0.6) is 0 Å². The molecule has 0 aromatic heterocycles. The fraction of sp³-hybridized carbons (Fsp3) is 0.391. The van der Waals surface area contributed by atoms with Crippen LogP contribution in [0.3, 0.4) is 0 Å². The van der Waals surface area contributed by atoms with E-state index in [2.05, 4.69) is 12.1 Å². The highest BCUT2D eigenvalue weighted by molar-refractivity contribution is 6.21. The number of hydrogen-bond acceptors (Lipinski definition) is 5. The molecule has 156 valence electrons. The van der Waals surface area contributed by atoms with Crippen molar-refractivity contribution >= 4 is 28.9 Å². The third-order valence-electron chi connectivity index (χ3n) is 6.11. The van der Waals surface area contributed by atoms with Gasteiger partial charge in [-0.3, -0.25) is 24.6 Å². The third kappa shape index (κ3) is 3.92. The zero-order chi connectivity index (χ0) is 21.3. The van der Waals surface area contributed by atoms with Crippen LogP contribution in [0.4, 0.5) is 17.1 Å². The normalized spacial score (nSPS) is 20.1. The summed E-state index contributed by atoms with van der Waals surface area (Å²) in [5.74, 6) is -0.441. The number of benzene rings is 2. The summed E-state index contributed by atoms with van der Waals surface area (Å²) >= 11 is 0. The van der Waals surface area contributed by atoms with Gasteiger partial charge in [0.15, 0.2) is 0 Å². The van der Waals surface area contributed by atoms with Crippen LogP contribution in [0.2, 0.25) is 0 Å². The molecule has 0 bridgehead atoms. The minimum absolute atomic E-state index is 0.0610. The summed E-state index contributed by atoms with van der Waals surface area (Å²) in [6, 6.07) is 15.1. The maximum Gasteiger partial charge on any atom is 0.294 e. The maximum atomic E-state index is 12.3. The lowest BCUT2D eigenvalue weighted by Crippen LogP contribution is -2.35. The summed E-state index contributed by atoms with van der Waals surface area (Å²) in [7, 11) is 0. The van der Waals surface area contributed by atoms with E-state index < -0.39 is 4.92 Å². The van der Waals surface area contributed by atoms with E-state index >= 15 is 0 Å². The molecule has 2 aromatic rings. The molecule has 2 saturated heterocycles. The molecule has 1 atom stereocenters. The Morgan fingerprint density at radius 2 is 1.77 bits per heavy atom. The van der Waals surface area contributed by atoms with E-state index in [1.54, 1.807) is 19.1 Å². The highest BCUT2D eigenvalue weighted by Gasteiger charge is 2.37. The van der Waals surface area contributed by atoms with Gasteiger partial charge in [0, 0.05) is 31.5 Å². The first-order chi connectivity index (χ1) is 14.4. The zero-order valence-electron chi connectivity index (χ0n) is 17.0. The molecular formula is C23H25N3O4. The average molecular weight is 407 g/mol. The second-order valence-electron chi connectivity index (χ2n) is 8.22. The van der Waals surface area contributed by atoms with E-state index in [0.717, 1.165) is 37.3 Å². The number of amides is 2. The van der Waals surface area contributed by atoms with Crippen LogP contribution >= 0.6 is 0 Å². The molecule has 0 saturated carbocycles. The van der Waals surface area contributed by atoms with Crippen LogP contribution in [0, 0.1) is 22.0 Å². The number of carbonyl (C=O) groups is 2. The standard InChI is InChI=1S/C23H25N3O4/c1-16-13-22(27)25(23(16)28)19-7-8-20(21(15-19)26(29)30)24-11-9-18(10-12-24)14-17-5-3-2-4-6-17/h2-8,15-16,18H,9-14H2,1H3/t16-/m0/s1. The number of piperidine rings is 1. The second-order valence-corrected chi connectivity index (χ2v) is 8.22. The SMILES string of the molecule is C[C@H]1CC(=O)N(c2ccc(N3CCC(Cc4ccccc4)CC3)c([N+](=O)[O-])c2)C1=O. The van der Waals surface area contributed by atoms with Crippen molar-refractivity contribution in [1.29, 1.82) is 0 Å². The molecule has 0 unspecified atom stereocenters. The molecule has 4 rings (SSSR count). The van der Waals surface area contributed by atoms with Crippen LogP contribution in [-0.2, 0) is 16.0 Å². The fourth-order valence-electron chi connectivity index (χ4n) is 4.45. The molecule has 2 aliphatic heterocycles. The summed E-state index contributed by atoms with van der Waals surface area (Å²) in [4.78, 5) is 38.9. The molecule has 7 nitrogen and oxygen atoms in total. The molecule has 0 N–H and O–H groups in total. The van der Waals surface area contributed by atoms with E-state index in [4.69, 9.17) is 0 Å². The zero-order valence-corrected chi connectivity index (χ0v) is 17.0. The van der Waals surface area contributed by atoms with Crippen molar-refractivity contribution in [2.45, 2.75) is 32.6 Å². The summed E-state index contributed by atoms with van der Waals surface area (Å²) in [6.07, 6.45) is 3.10. The van der Waals surface area contributed by atoms with Gasteiger partial charge in [-0.05, 0) is 42.9 Å². The van der Waals surface area contributed by atoms with Gasteiger partial charge >= 0.3 is 0 Å². The van der Waals surface area contributed by atoms with E-state index in [-0.39, 0.29) is 35.5 Å². The Balaban J connectivity index is 1.50. The Kier molecular flexibility index (Phi) is 5.53. The van der Waals surface area contributed by atoms with Gasteiger partial charge in [-0.2, -0.15) is 0 Å². The largest absolute Gasteiger partial charge is 0.366 e. The van der Waals surface area contributed by atoms with Gasteiger partial charge < -0.3 is 4.90 Å². The van der Waals surface area contributed by atoms with Crippen molar-refractivity contribution in [2.24, 2.45) is 11.8 Å². The summed E-state index contributed by atoms with van der Waals surface area (Å²) in [5, 5.41) is 11.8. The molecule has 30 heavy (non-hydrogen) atoms. The first kappa shape index (κ1) is 20.1. The van der Waals surface area contributed by atoms with Gasteiger partial charge in [-0.15, -0.1) is 0 Å². The number of rotatable bonds is 5. The molecule has 2 amide bonds. The molecule has 2 heterocycles. The predicted molar refractivity (Wildman–Crippen MR) is 114 cm³/mol. The van der Waals surface area contributed by atoms with Gasteiger partial charge in [0.2, 0.25) is 11.8 Å². The van der Waals surface area contributed by atoms with Crippen LogP contribution in [0.1, 0.15) is 31.7 Å². The number of imide groups is 1. The third-order valence-corrected chi connectivity index (χ3v) is 6.11. The van der Waals surface area contributed by atoms with E-state index in [1.807, 2.05) is 23.1 Å². The smallest absolute Gasteiger partial charge is 0.294 e. The number of nitro benzene ring substituents is 1. The van der Waals surface area contributed by atoms with E-state index in [9.17, 15) is 19.7 Å². The second kappa shape index (κ2) is 8.26. The molecule has 2 aromatic carbocycles. The Morgan fingerprint density at radius 3 is 2.37 bits per heavy atom. The van der Waals surface area contributed by atoms with Gasteiger partial charge in [0.1, 0.15) is 5.69 Å². The van der Waals surface area contributed by atoms with Gasteiger partial charge in [0.25, 0.3) is 5.69 Å². The van der Waals surface area contributed by atoms with Crippen LogP contribution in [0.15, 0.2) is 48.5 Å². The van der Waals surface area contributed by atoms with Crippen molar-refractivity contribution in [1.82, 2.24) is 0 Å². The van der Waals surface area contributed by atoms with Crippen LogP contribution in [-0.4, -0.2) is 29.8 Å². The predicted octanol–water partition coefficient (Wildman–Crippen LogP) is 3.95. The van der Waals surface area contributed by atoms with E-state index in [0.29, 0.717) is 11.6 Å². The van der Waals surface area contributed by atoms with Crippen LogP contribution in [0.25, 0.3) is 0 Å². The molecule has 7 heteroatoms. The minimum Gasteiger partial charge on any atom is -0.366 e. The fourth-order valence-corrected chi connectivity index (χ4v) is 4.45. The Morgan fingerprint density at radius 1 is 1.07 bits per heavy atom. The monoisotopic (exact) mass is 407 g/mol. The number of carbonyl (C=O) groups excluding carboxylic acids is 2. The van der Waals surface area contributed by atoms with Gasteiger partial charge in [0.05, 0.1) is 10.6 Å². The summed E-state index contributed by atoms with van der Waals surface area (Å²) in [6.45, 7) is 3.19. The maximum absolute atomic E-state index is 12.3. The number of nitro groups is 1. The Bertz CT molecular complexity index is 968. The average Bonchev–Trinajstić information content (AvgIpc) is 3.00. The summed E-state index contributed by atoms with van der Waals surface area (Å²) in [5.41, 5.74) is 2.09. The van der Waals surface area contributed by atoms with Crippen molar-refractivity contribution in [3.05, 3.63) is 64.2 Å². The minimum atomic E-state index is -0.427. The highest BCUT2D eigenvalue weighted by atomic mass is 16.6. The quantitative estimate of drug-likeness (QED) is 0.426. The number of hydrogen-bond donors (Lipinski definition) is 0. The Labute approximate surface area is 175 Å². The molecule has 0 aliphatic carbocycles. The first-order valence-electron chi connectivity index (χ1n) is 10.4.